The topological polar surface area (TPSA) is 68.3 Å². The van der Waals surface area contributed by atoms with Crippen LogP contribution in [-0.4, -0.2) is 30.5 Å². The zero-order chi connectivity index (χ0) is 16.5. The summed E-state index contributed by atoms with van der Waals surface area (Å²) in [6.45, 7) is 0.143. The summed E-state index contributed by atoms with van der Waals surface area (Å²) in [4.78, 5) is 26.9. The second-order valence-electron chi connectivity index (χ2n) is 4.84. The third-order valence-corrected chi connectivity index (χ3v) is 3.73. The van der Waals surface area contributed by atoms with Crippen LogP contribution in [0.1, 0.15) is 23.6 Å². The van der Waals surface area contributed by atoms with Gasteiger partial charge in [-0.1, -0.05) is 11.6 Å². The molecular formula is C13H12ClF3N2O3. The quantitative estimate of drug-likeness (QED) is 0.663. The van der Waals surface area contributed by atoms with Gasteiger partial charge in [-0.15, -0.1) is 0 Å². The van der Waals surface area contributed by atoms with E-state index in [2.05, 4.69) is 15.0 Å². The third kappa shape index (κ3) is 3.32. The lowest BCUT2D eigenvalue weighted by Crippen LogP contribution is -2.44. The number of hydrogen-bond acceptors (Lipinski definition) is 4. The van der Waals surface area contributed by atoms with Crippen LogP contribution in [-0.2, 0) is 20.5 Å². The molecule has 22 heavy (non-hydrogen) atoms. The molecule has 1 amide bonds. The second kappa shape index (κ2) is 6.12. The fourth-order valence-corrected chi connectivity index (χ4v) is 2.60. The Balaban J connectivity index is 2.25. The minimum absolute atomic E-state index is 0.0800. The normalized spacial score (nSPS) is 22.1. The van der Waals surface area contributed by atoms with E-state index in [1.54, 1.807) is 0 Å². The number of methoxy groups -OCH3 is 1. The fraction of sp³-hybridized carbons (Fsp3) is 0.462. The minimum atomic E-state index is -4.54. The van der Waals surface area contributed by atoms with Gasteiger partial charge in [-0.3, -0.25) is 14.6 Å². The zero-order valence-electron chi connectivity index (χ0n) is 11.4. The smallest absolute Gasteiger partial charge is 0.417 e. The lowest BCUT2D eigenvalue weighted by atomic mass is 9.87. The summed E-state index contributed by atoms with van der Waals surface area (Å²) in [5.74, 6) is -2.67. The molecule has 1 fully saturated rings. The second-order valence-corrected chi connectivity index (χ2v) is 5.25. The van der Waals surface area contributed by atoms with Crippen LogP contribution < -0.4 is 5.32 Å². The molecule has 1 aliphatic heterocycles. The Morgan fingerprint density at radius 3 is 2.73 bits per heavy atom. The first-order valence-corrected chi connectivity index (χ1v) is 6.70. The van der Waals surface area contributed by atoms with Gasteiger partial charge >= 0.3 is 12.1 Å². The Labute approximate surface area is 128 Å². The molecule has 0 bridgehead atoms. The number of rotatable bonds is 2. The molecule has 1 N–H and O–H groups in total. The molecular weight excluding hydrogens is 325 g/mol. The van der Waals surface area contributed by atoms with Crippen LogP contribution in [0.2, 0.25) is 5.02 Å². The van der Waals surface area contributed by atoms with Crippen LogP contribution in [0.25, 0.3) is 0 Å². The molecule has 5 nitrogen and oxygen atoms in total. The van der Waals surface area contributed by atoms with Gasteiger partial charge in [-0.05, 0) is 12.5 Å². The first-order chi connectivity index (χ1) is 10.2. The van der Waals surface area contributed by atoms with Crippen molar-refractivity contribution in [1.82, 2.24) is 10.3 Å². The fourth-order valence-electron chi connectivity index (χ4n) is 2.28. The van der Waals surface area contributed by atoms with Crippen LogP contribution in [0, 0.1) is 5.92 Å². The maximum atomic E-state index is 12.6. The highest BCUT2D eigenvalue weighted by Gasteiger charge is 2.37. The first kappa shape index (κ1) is 16.5. The molecule has 2 rings (SSSR count). The van der Waals surface area contributed by atoms with Crippen molar-refractivity contribution in [2.75, 3.05) is 13.7 Å². The summed E-state index contributed by atoms with van der Waals surface area (Å²) in [5, 5.41) is 2.35. The number of aromatic nitrogens is 1. The maximum Gasteiger partial charge on any atom is 0.417 e. The maximum absolute atomic E-state index is 12.6. The molecule has 1 aromatic rings. The van der Waals surface area contributed by atoms with Gasteiger partial charge in [0.15, 0.2) is 0 Å². The minimum Gasteiger partial charge on any atom is -0.468 e. The summed E-state index contributed by atoms with van der Waals surface area (Å²) < 4.78 is 42.3. The van der Waals surface area contributed by atoms with Crippen molar-refractivity contribution in [3.63, 3.8) is 0 Å². The summed E-state index contributed by atoms with van der Waals surface area (Å²) in [6, 6.07) is 0.785. The van der Waals surface area contributed by atoms with Crippen LogP contribution in [0.4, 0.5) is 13.2 Å². The van der Waals surface area contributed by atoms with E-state index in [0.717, 1.165) is 13.2 Å². The van der Waals surface area contributed by atoms with E-state index in [1.807, 2.05) is 0 Å². The Kier molecular flexibility index (Phi) is 4.60. The van der Waals surface area contributed by atoms with E-state index in [4.69, 9.17) is 11.6 Å². The largest absolute Gasteiger partial charge is 0.468 e. The molecule has 2 atom stereocenters. The van der Waals surface area contributed by atoms with Crippen molar-refractivity contribution in [3.05, 3.63) is 28.5 Å². The average Bonchev–Trinajstić information content (AvgIpc) is 2.46. The number of carbonyl (C=O) groups is 2. The molecule has 120 valence electrons. The molecule has 9 heteroatoms. The molecule has 0 spiro atoms. The number of hydrogen-bond donors (Lipinski definition) is 1. The van der Waals surface area contributed by atoms with Crippen molar-refractivity contribution in [3.8, 4) is 0 Å². The predicted molar refractivity (Wildman–Crippen MR) is 70.1 cm³/mol. The highest BCUT2D eigenvalue weighted by atomic mass is 35.5. The molecule has 1 aliphatic rings. The van der Waals surface area contributed by atoms with Gasteiger partial charge in [-0.2, -0.15) is 13.2 Å². The number of esters is 1. The summed E-state index contributed by atoms with van der Waals surface area (Å²) >= 11 is 5.87. The number of ether oxygens (including phenoxy) is 1. The molecule has 0 aliphatic carbocycles. The van der Waals surface area contributed by atoms with E-state index in [9.17, 15) is 22.8 Å². The molecule has 1 aromatic heterocycles. The molecule has 2 heterocycles. The molecule has 2 unspecified atom stereocenters. The lowest BCUT2D eigenvalue weighted by Gasteiger charge is -2.27. The van der Waals surface area contributed by atoms with Crippen molar-refractivity contribution in [2.45, 2.75) is 18.5 Å². The van der Waals surface area contributed by atoms with Gasteiger partial charge in [0.1, 0.15) is 5.92 Å². The number of piperidine rings is 1. The van der Waals surface area contributed by atoms with E-state index >= 15 is 0 Å². The number of pyridine rings is 1. The van der Waals surface area contributed by atoms with Crippen molar-refractivity contribution >= 4 is 23.5 Å². The number of amides is 1. The highest BCUT2D eigenvalue weighted by Crippen LogP contribution is 2.35. The van der Waals surface area contributed by atoms with E-state index in [0.29, 0.717) is 6.20 Å². The van der Waals surface area contributed by atoms with Crippen LogP contribution in [0.15, 0.2) is 12.3 Å². The van der Waals surface area contributed by atoms with Gasteiger partial charge < -0.3 is 10.1 Å². The highest BCUT2D eigenvalue weighted by molar-refractivity contribution is 6.31. The van der Waals surface area contributed by atoms with Crippen LogP contribution in [0.3, 0.4) is 0 Å². The number of carbonyl (C=O) groups excluding carboxylic acids is 2. The number of nitrogens with zero attached hydrogens (tertiary/aromatic N) is 1. The van der Waals surface area contributed by atoms with Crippen LogP contribution in [0.5, 0.6) is 0 Å². The van der Waals surface area contributed by atoms with Crippen molar-refractivity contribution in [1.29, 1.82) is 0 Å². The van der Waals surface area contributed by atoms with Gasteiger partial charge in [-0.25, -0.2) is 0 Å². The van der Waals surface area contributed by atoms with E-state index in [1.165, 1.54) is 0 Å². The van der Waals surface area contributed by atoms with Crippen molar-refractivity contribution < 1.29 is 27.5 Å². The standard InChI is InChI=1S/C13H12ClF3N2O3/c1-22-12(21)8-2-6(4-19-11(8)20)10-9(14)3-7(5-18-10)13(15,16)17/h3,5-6,8H,2,4H2,1H3,(H,19,20). The molecule has 0 radical (unpaired) electrons. The SMILES string of the molecule is COC(=O)C1CC(c2ncc(C(F)(F)F)cc2Cl)CNC1=O. The Bertz CT molecular complexity index is 599. The number of halogens is 4. The third-order valence-electron chi connectivity index (χ3n) is 3.43. The molecule has 1 saturated heterocycles. The first-order valence-electron chi connectivity index (χ1n) is 6.32. The van der Waals surface area contributed by atoms with E-state index < -0.39 is 35.5 Å². The molecule has 0 saturated carbocycles. The van der Waals surface area contributed by atoms with Gasteiger partial charge in [0.25, 0.3) is 0 Å². The van der Waals surface area contributed by atoms with Gasteiger partial charge in [0.2, 0.25) is 5.91 Å². The molecule has 0 aromatic carbocycles. The summed E-state index contributed by atoms with van der Waals surface area (Å²) in [6.07, 6.45) is -3.77. The number of alkyl halides is 3. The van der Waals surface area contributed by atoms with E-state index in [-0.39, 0.29) is 23.7 Å². The summed E-state index contributed by atoms with van der Waals surface area (Å²) in [7, 11) is 1.16. The Morgan fingerprint density at radius 1 is 1.50 bits per heavy atom. The Morgan fingerprint density at radius 2 is 2.18 bits per heavy atom. The van der Waals surface area contributed by atoms with Gasteiger partial charge in [0.05, 0.1) is 23.4 Å². The lowest BCUT2D eigenvalue weighted by molar-refractivity contribution is -0.151. The Hall–Kier alpha value is -1.83. The van der Waals surface area contributed by atoms with Gasteiger partial charge in [0, 0.05) is 18.7 Å². The summed E-state index contributed by atoms with van der Waals surface area (Å²) in [5.41, 5.74) is -0.741. The zero-order valence-corrected chi connectivity index (χ0v) is 12.2. The predicted octanol–water partition coefficient (Wildman–Crippen LogP) is 2.15. The average molecular weight is 337 g/mol. The number of nitrogens with one attached hydrogen (secondary N) is 1. The monoisotopic (exact) mass is 336 g/mol. The van der Waals surface area contributed by atoms with Crippen molar-refractivity contribution in [2.24, 2.45) is 5.92 Å². The van der Waals surface area contributed by atoms with Crippen LogP contribution >= 0.6 is 11.6 Å².